The van der Waals surface area contributed by atoms with E-state index in [1.165, 1.54) is 13.0 Å². The number of carbonyl (C=O) groups is 1. The molecule has 0 aromatic carbocycles. The number of hydrogen-bond donors (Lipinski definition) is 1. The molecule has 0 aromatic rings. The lowest BCUT2D eigenvalue weighted by atomic mass is 10.3. The summed E-state index contributed by atoms with van der Waals surface area (Å²) in [4.78, 5) is 10.5. The van der Waals surface area contributed by atoms with Gasteiger partial charge in [-0.05, 0) is 19.1 Å². The molecule has 0 fully saturated rings. The molecule has 76 valence electrons. The maximum Gasteiger partial charge on any atom is 0.471 e. The Labute approximate surface area is 78.2 Å². The second kappa shape index (κ2) is 3.73. The fourth-order valence-corrected chi connectivity index (χ4v) is 0.750. The van der Waals surface area contributed by atoms with Crippen LogP contribution < -0.4 is 5.32 Å². The minimum Gasteiger partial charge on any atom is -0.478 e. The molecule has 1 heterocycles. The highest BCUT2D eigenvalue weighted by molar-refractivity contribution is 5.83. The molecule has 0 saturated heterocycles. The first-order valence-corrected chi connectivity index (χ1v) is 3.58. The molecule has 0 bridgehead atoms. The Morgan fingerprint density at radius 2 is 2.21 bits per heavy atom. The van der Waals surface area contributed by atoms with Gasteiger partial charge in [-0.3, -0.25) is 4.79 Å². The van der Waals surface area contributed by atoms with Crippen LogP contribution in [0.4, 0.5) is 13.2 Å². The Kier molecular flexibility index (Phi) is 2.83. The van der Waals surface area contributed by atoms with E-state index in [0.717, 1.165) is 6.08 Å². The van der Waals surface area contributed by atoms with E-state index in [4.69, 9.17) is 0 Å². The normalized spacial score (nSPS) is 16.6. The number of rotatable bonds is 1. The van der Waals surface area contributed by atoms with Crippen molar-refractivity contribution in [1.29, 1.82) is 0 Å². The zero-order chi connectivity index (χ0) is 10.8. The van der Waals surface area contributed by atoms with E-state index in [2.05, 4.69) is 11.3 Å². The molecule has 0 saturated carbocycles. The SMILES string of the molecule is CC1=CC(NC(=O)C(F)(F)F)=C[C]O1. The van der Waals surface area contributed by atoms with Gasteiger partial charge in [0.15, 0.2) is 0 Å². The topological polar surface area (TPSA) is 38.3 Å². The summed E-state index contributed by atoms with van der Waals surface area (Å²) >= 11 is 0. The van der Waals surface area contributed by atoms with Gasteiger partial charge >= 0.3 is 12.1 Å². The molecule has 0 aliphatic carbocycles. The van der Waals surface area contributed by atoms with Crippen molar-refractivity contribution in [2.75, 3.05) is 0 Å². The van der Waals surface area contributed by atoms with Gasteiger partial charge in [0.1, 0.15) is 0 Å². The van der Waals surface area contributed by atoms with E-state index in [-0.39, 0.29) is 5.70 Å². The molecule has 3 nitrogen and oxygen atoms in total. The van der Waals surface area contributed by atoms with Crippen LogP contribution in [0.25, 0.3) is 0 Å². The Morgan fingerprint density at radius 1 is 1.57 bits per heavy atom. The van der Waals surface area contributed by atoms with Gasteiger partial charge < -0.3 is 10.1 Å². The number of allylic oxidation sites excluding steroid dienone is 2. The molecular weight excluding hydrogens is 199 g/mol. The first-order valence-electron chi connectivity index (χ1n) is 3.58. The van der Waals surface area contributed by atoms with Gasteiger partial charge in [0.2, 0.25) is 6.61 Å². The van der Waals surface area contributed by atoms with Gasteiger partial charge in [-0.1, -0.05) is 0 Å². The first-order chi connectivity index (χ1) is 6.39. The summed E-state index contributed by atoms with van der Waals surface area (Å²) in [6, 6.07) is 0. The van der Waals surface area contributed by atoms with Crippen molar-refractivity contribution >= 4 is 5.91 Å². The predicted molar refractivity (Wildman–Crippen MR) is 40.4 cm³/mol. The Hall–Kier alpha value is -1.46. The number of alkyl halides is 3. The molecule has 1 aliphatic heterocycles. The van der Waals surface area contributed by atoms with Gasteiger partial charge in [0, 0.05) is 5.70 Å². The van der Waals surface area contributed by atoms with Crippen LogP contribution in [0, 0.1) is 6.61 Å². The summed E-state index contributed by atoms with van der Waals surface area (Å²) in [5.74, 6) is -1.67. The van der Waals surface area contributed by atoms with Crippen LogP contribution in [0.5, 0.6) is 0 Å². The third-order valence-corrected chi connectivity index (χ3v) is 1.31. The standard InChI is InChI=1S/C8H6F3NO2/c1-5-4-6(2-3-14-5)12-7(13)8(9,10)11/h2,4H,1H3,(H,12,13). The van der Waals surface area contributed by atoms with Crippen LogP contribution in [0.2, 0.25) is 0 Å². The van der Waals surface area contributed by atoms with E-state index in [1.54, 1.807) is 5.32 Å². The van der Waals surface area contributed by atoms with Crippen molar-refractivity contribution in [3.05, 3.63) is 30.2 Å². The summed E-state index contributed by atoms with van der Waals surface area (Å²) < 4.78 is 40.0. The summed E-state index contributed by atoms with van der Waals surface area (Å²) in [5.41, 5.74) is -0.00363. The molecule has 1 aliphatic rings. The number of halogens is 3. The number of hydrogen-bond acceptors (Lipinski definition) is 2. The highest BCUT2D eigenvalue weighted by Gasteiger charge is 2.38. The number of amides is 1. The maximum atomic E-state index is 11.8. The maximum absolute atomic E-state index is 11.8. The monoisotopic (exact) mass is 205 g/mol. The summed E-state index contributed by atoms with van der Waals surface area (Å²) in [5, 5.41) is 1.67. The summed E-state index contributed by atoms with van der Waals surface area (Å²) in [6.07, 6.45) is -2.52. The molecule has 1 rings (SSSR count). The second-order valence-corrected chi connectivity index (χ2v) is 2.53. The van der Waals surface area contributed by atoms with Crippen LogP contribution in [0.15, 0.2) is 23.6 Å². The van der Waals surface area contributed by atoms with Crippen molar-refractivity contribution in [3.63, 3.8) is 0 Å². The van der Waals surface area contributed by atoms with Crippen molar-refractivity contribution in [1.82, 2.24) is 5.32 Å². The highest BCUT2D eigenvalue weighted by atomic mass is 19.4. The molecule has 0 atom stereocenters. The van der Waals surface area contributed by atoms with E-state index in [1.807, 2.05) is 0 Å². The third-order valence-electron chi connectivity index (χ3n) is 1.31. The van der Waals surface area contributed by atoms with Crippen LogP contribution >= 0.6 is 0 Å². The van der Waals surface area contributed by atoms with E-state index in [0.29, 0.717) is 5.76 Å². The van der Waals surface area contributed by atoms with Crippen molar-refractivity contribution < 1.29 is 22.7 Å². The number of carbonyl (C=O) groups excluding carboxylic acids is 1. The van der Waals surface area contributed by atoms with Gasteiger partial charge in [-0.15, -0.1) is 0 Å². The van der Waals surface area contributed by atoms with Crippen molar-refractivity contribution in [2.45, 2.75) is 13.1 Å². The Bertz CT molecular complexity index is 304. The van der Waals surface area contributed by atoms with E-state index in [9.17, 15) is 18.0 Å². The minimum atomic E-state index is -4.89. The van der Waals surface area contributed by atoms with Crippen LogP contribution in [0.1, 0.15) is 6.92 Å². The Morgan fingerprint density at radius 3 is 2.71 bits per heavy atom. The van der Waals surface area contributed by atoms with Crippen LogP contribution in [-0.4, -0.2) is 12.1 Å². The molecule has 6 heteroatoms. The molecule has 0 unspecified atom stereocenters. The van der Waals surface area contributed by atoms with E-state index >= 15 is 0 Å². The highest BCUT2D eigenvalue weighted by Crippen LogP contribution is 2.17. The quantitative estimate of drug-likeness (QED) is 0.704. The largest absolute Gasteiger partial charge is 0.478 e. The number of nitrogens with one attached hydrogen (secondary N) is 1. The lowest BCUT2D eigenvalue weighted by Gasteiger charge is -2.13. The lowest BCUT2D eigenvalue weighted by Crippen LogP contribution is -2.36. The van der Waals surface area contributed by atoms with Crippen LogP contribution in [-0.2, 0) is 9.53 Å². The predicted octanol–water partition coefficient (Wildman–Crippen LogP) is 1.52. The molecule has 1 amide bonds. The summed E-state index contributed by atoms with van der Waals surface area (Å²) in [6.45, 7) is 3.76. The second-order valence-electron chi connectivity index (χ2n) is 2.53. The first kappa shape index (κ1) is 10.6. The van der Waals surface area contributed by atoms with Crippen molar-refractivity contribution in [2.24, 2.45) is 0 Å². The van der Waals surface area contributed by atoms with Gasteiger partial charge in [0.05, 0.1) is 5.76 Å². The molecule has 14 heavy (non-hydrogen) atoms. The molecule has 0 aromatic heterocycles. The molecule has 0 spiro atoms. The number of ether oxygens (including phenoxy) is 1. The average molecular weight is 205 g/mol. The molecule has 1 N–H and O–H groups in total. The van der Waals surface area contributed by atoms with E-state index < -0.39 is 12.1 Å². The zero-order valence-corrected chi connectivity index (χ0v) is 7.11. The minimum absolute atomic E-state index is 0.00363. The zero-order valence-electron chi connectivity index (χ0n) is 7.11. The molecule has 2 radical (unpaired) electrons. The average Bonchev–Trinajstić information content (AvgIpc) is 2.02. The summed E-state index contributed by atoms with van der Waals surface area (Å²) in [7, 11) is 0. The van der Waals surface area contributed by atoms with Gasteiger partial charge in [0.25, 0.3) is 0 Å². The fourth-order valence-electron chi connectivity index (χ4n) is 0.750. The third kappa shape index (κ3) is 2.79. The van der Waals surface area contributed by atoms with Crippen molar-refractivity contribution in [3.8, 4) is 0 Å². The van der Waals surface area contributed by atoms with Crippen LogP contribution in [0.3, 0.4) is 0 Å². The lowest BCUT2D eigenvalue weighted by molar-refractivity contribution is -0.172. The smallest absolute Gasteiger partial charge is 0.471 e. The fraction of sp³-hybridized carbons (Fsp3) is 0.250. The van der Waals surface area contributed by atoms with Gasteiger partial charge in [-0.2, -0.15) is 13.2 Å². The molecular formula is C8H6F3NO2. The van der Waals surface area contributed by atoms with Gasteiger partial charge in [-0.25, -0.2) is 0 Å². The Balaban J connectivity index is 2.62.